The molecule has 0 amide bonds. The van der Waals surface area contributed by atoms with Crippen LogP contribution < -0.4 is 0 Å². The van der Waals surface area contributed by atoms with Crippen molar-refractivity contribution in [2.75, 3.05) is 0 Å². The standard InChI is InChI=1S/C24H33NOSi/c1-17-14-20-23(4)10-9-21(26)22(2,3)19(23)8-11-24(20,15-18(17)16-25)12-13-27(5,6)7/h14-15,19,21,26H,1,8-11H2,2-7H3/t19-,21-,23-,24+/m0/s1. The van der Waals surface area contributed by atoms with Gasteiger partial charge in [0.05, 0.1) is 23.2 Å². The second-order valence-corrected chi connectivity index (χ2v) is 15.4. The summed E-state index contributed by atoms with van der Waals surface area (Å²) in [6, 6.07) is 2.34. The van der Waals surface area contributed by atoms with E-state index in [9.17, 15) is 10.4 Å². The quantitative estimate of drug-likeness (QED) is 0.452. The van der Waals surface area contributed by atoms with E-state index in [0.717, 1.165) is 31.3 Å². The average molecular weight is 380 g/mol. The van der Waals surface area contributed by atoms with Crippen LogP contribution in [0.5, 0.6) is 0 Å². The van der Waals surface area contributed by atoms with Gasteiger partial charge in [-0.3, -0.25) is 0 Å². The third-order valence-electron chi connectivity index (χ3n) is 7.22. The molecule has 2 fully saturated rings. The minimum absolute atomic E-state index is 0.0183. The highest BCUT2D eigenvalue weighted by Crippen LogP contribution is 2.65. The maximum absolute atomic E-state index is 10.7. The number of hydrogen-bond donors (Lipinski definition) is 1. The fraction of sp³-hybridized carbons (Fsp3) is 0.625. The Kier molecular flexibility index (Phi) is 4.66. The van der Waals surface area contributed by atoms with Crippen LogP contribution in [0.3, 0.4) is 0 Å². The van der Waals surface area contributed by atoms with Crippen molar-refractivity contribution < 1.29 is 5.11 Å². The summed E-state index contributed by atoms with van der Waals surface area (Å²) < 4.78 is 0. The molecule has 0 aliphatic heterocycles. The molecule has 3 rings (SSSR count). The molecule has 0 aromatic rings. The predicted molar refractivity (Wildman–Crippen MR) is 114 cm³/mol. The van der Waals surface area contributed by atoms with Gasteiger partial charge in [0.2, 0.25) is 0 Å². The van der Waals surface area contributed by atoms with Crippen LogP contribution in [-0.4, -0.2) is 19.3 Å². The molecule has 3 heteroatoms. The minimum atomic E-state index is -1.54. The van der Waals surface area contributed by atoms with Gasteiger partial charge in [-0.15, -0.1) is 5.54 Å². The molecule has 27 heavy (non-hydrogen) atoms. The Balaban J connectivity index is 2.19. The Morgan fingerprint density at radius 3 is 2.44 bits per heavy atom. The van der Waals surface area contributed by atoms with E-state index >= 15 is 0 Å². The molecule has 2 saturated carbocycles. The van der Waals surface area contributed by atoms with Crippen molar-refractivity contribution in [1.29, 1.82) is 5.26 Å². The Morgan fingerprint density at radius 1 is 1.19 bits per heavy atom. The van der Waals surface area contributed by atoms with Crippen LogP contribution in [0.15, 0.2) is 35.5 Å². The summed E-state index contributed by atoms with van der Waals surface area (Å²) in [7, 11) is -1.54. The van der Waals surface area contributed by atoms with Crippen molar-refractivity contribution in [3.8, 4) is 17.5 Å². The van der Waals surface area contributed by atoms with Gasteiger partial charge in [0.15, 0.2) is 0 Å². The molecule has 3 aliphatic rings. The molecule has 0 bridgehead atoms. The first kappa shape index (κ1) is 20.2. The third kappa shape index (κ3) is 3.16. The molecule has 2 nitrogen and oxygen atoms in total. The fourth-order valence-electron chi connectivity index (χ4n) is 5.67. The van der Waals surface area contributed by atoms with Gasteiger partial charge in [-0.25, -0.2) is 0 Å². The van der Waals surface area contributed by atoms with E-state index in [4.69, 9.17) is 0 Å². The van der Waals surface area contributed by atoms with Gasteiger partial charge in [0.1, 0.15) is 8.07 Å². The largest absolute Gasteiger partial charge is 0.393 e. The van der Waals surface area contributed by atoms with E-state index in [-0.39, 0.29) is 22.3 Å². The number of allylic oxidation sites excluding steroid dienone is 5. The van der Waals surface area contributed by atoms with Gasteiger partial charge >= 0.3 is 0 Å². The smallest absolute Gasteiger partial charge is 0.129 e. The van der Waals surface area contributed by atoms with Crippen molar-refractivity contribution in [1.82, 2.24) is 0 Å². The van der Waals surface area contributed by atoms with Gasteiger partial charge in [-0.2, -0.15) is 5.26 Å². The highest BCUT2D eigenvalue weighted by Gasteiger charge is 2.59. The SMILES string of the molecule is C=C1C=C2[C@](C#C[Si](C)(C)C)(C=C1C#N)CC[C@H]1C(C)(C)[C@@H](O)CC[C@]21C. The monoisotopic (exact) mass is 379 g/mol. The lowest BCUT2D eigenvalue weighted by Crippen LogP contribution is -2.55. The average Bonchev–Trinajstić information content (AvgIpc) is 2.57. The van der Waals surface area contributed by atoms with Gasteiger partial charge in [0.25, 0.3) is 0 Å². The van der Waals surface area contributed by atoms with Gasteiger partial charge < -0.3 is 5.11 Å². The van der Waals surface area contributed by atoms with Crippen molar-refractivity contribution in [2.24, 2.45) is 22.2 Å². The first-order valence-electron chi connectivity index (χ1n) is 10.1. The molecule has 0 saturated heterocycles. The van der Waals surface area contributed by atoms with Crippen LogP contribution in [0, 0.1) is 45.0 Å². The van der Waals surface area contributed by atoms with Gasteiger partial charge in [-0.1, -0.05) is 59.0 Å². The number of aliphatic hydroxyl groups excluding tert-OH is 1. The lowest BCUT2D eigenvalue weighted by molar-refractivity contribution is -0.0998. The molecule has 4 atom stereocenters. The molecule has 0 heterocycles. The Labute approximate surface area is 166 Å². The summed E-state index contributed by atoms with van der Waals surface area (Å²) in [5.41, 5.74) is 5.92. The molecule has 3 aliphatic carbocycles. The first-order chi connectivity index (χ1) is 12.4. The number of aliphatic hydroxyl groups is 1. The van der Waals surface area contributed by atoms with Crippen LogP contribution in [0.25, 0.3) is 0 Å². The topological polar surface area (TPSA) is 44.0 Å². The van der Waals surface area contributed by atoms with E-state index in [1.807, 2.05) is 0 Å². The Hall–Kier alpha value is -1.55. The molecular formula is C24H33NOSi. The second kappa shape index (κ2) is 6.23. The van der Waals surface area contributed by atoms with Crippen LogP contribution in [0.4, 0.5) is 0 Å². The van der Waals surface area contributed by atoms with Crippen molar-refractivity contribution in [2.45, 2.75) is 72.2 Å². The van der Waals surface area contributed by atoms with Crippen molar-refractivity contribution in [3.05, 3.63) is 35.5 Å². The zero-order valence-corrected chi connectivity index (χ0v) is 18.7. The van der Waals surface area contributed by atoms with E-state index in [0.29, 0.717) is 11.5 Å². The molecule has 0 unspecified atom stereocenters. The van der Waals surface area contributed by atoms with E-state index in [1.165, 1.54) is 5.57 Å². The summed E-state index contributed by atoms with van der Waals surface area (Å²) in [6.45, 7) is 17.8. The maximum Gasteiger partial charge on any atom is 0.129 e. The molecule has 0 spiro atoms. The van der Waals surface area contributed by atoms with E-state index in [2.05, 4.69) is 76.7 Å². The normalized spacial score (nSPS) is 37.6. The maximum atomic E-state index is 10.7. The zero-order chi connectivity index (χ0) is 20.3. The summed E-state index contributed by atoms with van der Waals surface area (Å²) >= 11 is 0. The lowest BCUT2D eigenvalue weighted by atomic mass is 9.44. The number of nitriles is 1. The van der Waals surface area contributed by atoms with Gasteiger partial charge in [-0.05, 0) is 59.7 Å². The minimum Gasteiger partial charge on any atom is -0.393 e. The molecule has 0 aromatic carbocycles. The second-order valence-electron chi connectivity index (χ2n) is 10.6. The van der Waals surface area contributed by atoms with Gasteiger partial charge in [0, 0.05) is 0 Å². The lowest BCUT2D eigenvalue weighted by Gasteiger charge is -2.60. The van der Waals surface area contributed by atoms with Crippen LogP contribution in [0.2, 0.25) is 19.6 Å². The molecule has 1 N–H and O–H groups in total. The highest BCUT2D eigenvalue weighted by atomic mass is 28.3. The summed E-state index contributed by atoms with van der Waals surface area (Å²) in [5, 5.41) is 20.3. The van der Waals surface area contributed by atoms with Crippen LogP contribution in [0.1, 0.15) is 46.5 Å². The summed E-state index contributed by atoms with van der Waals surface area (Å²) in [6.07, 6.45) is 7.75. The predicted octanol–water partition coefficient (Wildman–Crippen LogP) is 5.40. The molecular weight excluding hydrogens is 346 g/mol. The van der Waals surface area contributed by atoms with Crippen molar-refractivity contribution >= 4 is 8.07 Å². The van der Waals surface area contributed by atoms with E-state index < -0.39 is 8.07 Å². The molecule has 0 radical (unpaired) electrons. The Bertz CT molecular complexity index is 838. The van der Waals surface area contributed by atoms with Crippen LogP contribution >= 0.6 is 0 Å². The molecule has 144 valence electrons. The van der Waals surface area contributed by atoms with Crippen LogP contribution in [-0.2, 0) is 0 Å². The third-order valence-corrected chi connectivity index (χ3v) is 8.10. The molecule has 0 aromatic heterocycles. The Morgan fingerprint density at radius 2 is 1.85 bits per heavy atom. The number of fused-ring (bicyclic) bond motifs is 3. The fourth-order valence-corrected chi connectivity index (χ4v) is 6.27. The van der Waals surface area contributed by atoms with Crippen molar-refractivity contribution in [3.63, 3.8) is 0 Å². The summed E-state index contributed by atoms with van der Waals surface area (Å²) in [5.74, 6) is 4.08. The highest BCUT2D eigenvalue weighted by molar-refractivity contribution is 6.83. The first-order valence-corrected chi connectivity index (χ1v) is 13.6. The number of nitrogens with zero attached hydrogens (tertiary/aromatic N) is 1. The number of hydrogen-bond acceptors (Lipinski definition) is 2. The number of rotatable bonds is 0. The van der Waals surface area contributed by atoms with E-state index in [1.54, 1.807) is 0 Å². The summed E-state index contributed by atoms with van der Waals surface area (Å²) in [4.78, 5) is 0. The zero-order valence-electron chi connectivity index (χ0n) is 17.7.